The van der Waals surface area contributed by atoms with E-state index in [4.69, 9.17) is 4.74 Å². The van der Waals surface area contributed by atoms with Crippen molar-refractivity contribution >= 4 is 17.2 Å². The highest BCUT2D eigenvalue weighted by Crippen LogP contribution is 2.33. The normalized spacial score (nSPS) is 22.0. The fraction of sp³-hybridized carbons (Fsp3) is 0.474. The van der Waals surface area contributed by atoms with Crippen LogP contribution in [0.3, 0.4) is 0 Å². The third-order valence-corrected chi connectivity index (χ3v) is 6.13. The molecule has 0 aliphatic carbocycles. The van der Waals surface area contributed by atoms with Gasteiger partial charge in [0.1, 0.15) is 5.69 Å². The first-order valence-corrected chi connectivity index (χ1v) is 9.57. The molecule has 3 heterocycles. The van der Waals surface area contributed by atoms with Crippen LogP contribution in [-0.4, -0.2) is 42.1 Å². The van der Waals surface area contributed by atoms with Crippen molar-refractivity contribution in [3.63, 3.8) is 0 Å². The number of likely N-dealkylation sites (tertiary alicyclic amines) is 1. The Labute approximate surface area is 146 Å². The third-order valence-electron chi connectivity index (χ3n) is 5.25. The molecule has 0 saturated carbocycles. The number of carbonyl (C=O) groups is 1. The maximum Gasteiger partial charge on any atom is 0.273 e. The first-order valence-electron chi connectivity index (χ1n) is 8.69. The Hall–Kier alpha value is -1.72. The van der Waals surface area contributed by atoms with Crippen molar-refractivity contribution in [2.24, 2.45) is 11.8 Å². The van der Waals surface area contributed by atoms with Crippen LogP contribution in [0.25, 0.3) is 10.4 Å². The Morgan fingerprint density at radius 3 is 2.71 bits per heavy atom. The monoisotopic (exact) mass is 342 g/mol. The van der Waals surface area contributed by atoms with Gasteiger partial charge in [0.25, 0.3) is 5.91 Å². The van der Waals surface area contributed by atoms with Gasteiger partial charge in [0.15, 0.2) is 0 Å². The molecule has 2 aliphatic rings. The molecular formula is C19H22N2O2S. The van der Waals surface area contributed by atoms with Crippen LogP contribution in [0.1, 0.15) is 29.8 Å². The second kappa shape index (κ2) is 7.03. The topological polar surface area (TPSA) is 42.4 Å². The number of benzene rings is 1. The summed E-state index contributed by atoms with van der Waals surface area (Å²) in [5.41, 5.74) is 3.46. The van der Waals surface area contributed by atoms with Gasteiger partial charge in [-0.1, -0.05) is 30.3 Å². The summed E-state index contributed by atoms with van der Waals surface area (Å²) in [5, 5.41) is 0. The zero-order chi connectivity index (χ0) is 16.4. The fourth-order valence-corrected chi connectivity index (χ4v) is 4.67. The molecule has 1 amide bonds. The highest BCUT2D eigenvalue weighted by molar-refractivity contribution is 7.13. The molecule has 2 fully saturated rings. The maximum atomic E-state index is 13.0. The Kier molecular flexibility index (Phi) is 4.63. The number of thiazole rings is 1. The molecule has 0 N–H and O–H groups in total. The Morgan fingerprint density at radius 2 is 1.92 bits per heavy atom. The summed E-state index contributed by atoms with van der Waals surface area (Å²) in [4.78, 5) is 20.3. The largest absolute Gasteiger partial charge is 0.381 e. The van der Waals surface area contributed by atoms with E-state index in [0.29, 0.717) is 17.5 Å². The van der Waals surface area contributed by atoms with Crippen molar-refractivity contribution in [2.45, 2.75) is 19.3 Å². The van der Waals surface area contributed by atoms with E-state index in [2.05, 4.69) is 4.98 Å². The lowest BCUT2D eigenvalue weighted by Gasteiger charge is -2.27. The number of hydrogen-bond acceptors (Lipinski definition) is 4. The van der Waals surface area contributed by atoms with Gasteiger partial charge < -0.3 is 9.64 Å². The van der Waals surface area contributed by atoms with E-state index in [-0.39, 0.29) is 5.91 Å². The van der Waals surface area contributed by atoms with Crippen LogP contribution in [0, 0.1) is 11.8 Å². The molecule has 0 radical (unpaired) electrons. The van der Waals surface area contributed by atoms with Crippen LogP contribution in [0.2, 0.25) is 0 Å². The number of rotatable bonds is 3. The summed E-state index contributed by atoms with van der Waals surface area (Å²) in [6, 6.07) is 10.1. The van der Waals surface area contributed by atoms with Crippen LogP contribution in [0.4, 0.5) is 0 Å². The molecule has 4 rings (SSSR count). The quantitative estimate of drug-likeness (QED) is 0.854. The Balaban J connectivity index is 1.48. The van der Waals surface area contributed by atoms with E-state index in [9.17, 15) is 4.79 Å². The minimum Gasteiger partial charge on any atom is -0.381 e. The molecule has 1 unspecified atom stereocenters. The van der Waals surface area contributed by atoms with Crippen LogP contribution in [0.5, 0.6) is 0 Å². The van der Waals surface area contributed by atoms with Crippen LogP contribution in [0.15, 0.2) is 35.8 Å². The predicted octanol–water partition coefficient (Wildman–Crippen LogP) is 3.70. The molecule has 0 bridgehead atoms. The summed E-state index contributed by atoms with van der Waals surface area (Å²) >= 11 is 1.54. The second-order valence-corrected chi connectivity index (χ2v) is 7.50. The minimum atomic E-state index is 0.0877. The summed E-state index contributed by atoms with van der Waals surface area (Å²) in [6.45, 7) is 3.47. The molecule has 2 aliphatic heterocycles. The fourth-order valence-electron chi connectivity index (χ4n) is 3.89. The predicted molar refractivity (Wildman–Crippen MR) is 95.1 cm³/mol. The van der Waals surface area contributed by atoms with E-state index in [1.165, 1.54) is 0 Å². The number of aromatic nitrogens is 1. The van der Waals surface area contributed by atoms with Gasteiger partial charge in [0.05, 0.1) is 10.4 Å². The van der Waals surface area contributed by atoms with E-state index >= 15 is 0 Å². The maximum absolute atomic E-state index is 13.0. The Morgan fingerprint density at radius 1 is 1.12 bits per heavy atom. The van der Waals surface area contributed by atoms with Gasteiger partial charge in [-0.2, -0.15) is 0 Å². The molecule has 4 nitrogen and oxygen atoms in total. The van der Waals surface area contributed by atoms with Crippen molar-refractivity contribution in [1.29, 1.82) is 0 Å². The van der Waals surface area contributed by atoms with E-state index in [0.717, 1.165) is 56.0 Å². The third kappa shape index (κ3) is 3.10. The average molecular weight is 342 g/mol. The van der Waals surface area contributed by atoms with E-state index in [1.54, 1.807) is 16.8 Å². The van der Waals surface area contributed by atoms with E-state index in [1.807, 2.05) is 35.2 Å². The lowest BCUT2D eigenvalue weighted by molar-refractivity contribution is 0.0471. The Bertz CT molecular complexity index is 694. The lowest BCUT2D eigenvalue weighted by atomic mass is 9.85. The number of hydrogen-bond donors (Lipinski definition) is 0. The summed E-state index contributed by atoms with van der Waals surface area (Å²) in [6.07, 6.45) is 3.39. The molecule has 1 atom stereocenters. The molecular weight excluding hydrogens is 320 g/mol. The molecule has 0 spiro atoms. The highest BCUT2D eigenvalue weighted by atomic mass is 32.1. The van der Waals surface area contributed by atoms with E-state index < -0.39 is 0 Å². The first-order chi connectivity index (χ1) is 11.8. The lowest BCUT2D eigenvalue weighted by Crippen LogP contribution is -2.31. The van der Waals surface area contributed by atoms with Crippen molar-refractivity contribution in [1.82, 2.24) is 9.88 Å². The first kappa shape index (κ1) is 15.8. The van der Waals surface area contributed by atoms with Gasteiger partial charge in [0, 0.05) is 26.3 Å². The smallest absolute Gasteiger partial charge is 0.273 e. The molecule has 24 heavy (non-hydrogen) atoms. The van der Waals surface area contributed by atoms with Gasteiger partial charge >= 0.3 is 0 Å². The molecule has 126 valence electrons. The van der Waals surface area contributed by atoms with Gasteiger partial charge in [-0.05, 0) is 36.7 Å². The number of carbonyl (C=O) groups excluding carboxylic acids is 1. The zero-order valence-electron chi connectivity index (χ0n) is 13.7. The SMILES string of the molecule is O=C(c1ncsc1-c1ccccc1)N1CCC(C2CCOCC2)C1. The van der Waals surface area contributed by atoms with Gasteiger partial charge in [0.2, 0.25) is 0 Å². The average Bonchev–Trinajstić information content (AvgIpc) is 3.32. The van der Waals surface area contributed by atoms with Crippen molar-refractivity contribution in [3.05, 3.63) is 41.5 Å². The van der Waals surface area contributed by atoms with Crippen LogP contribution >= 0.6 is 11.3 Å². The summed E-state index contributed by atoms with van der Waals surface area (Å²) < 4.78 is 5.47. The zero-order valence-corrected chi connectivity index (χ0v) is 14.5. The van der Waals surface area contributed by atoms with Crippen molar-refractivity contribution in [2.75, 3.05) is 26.3 Å². The highest BCUT2D eigenvalue weighted by Gasteiger charge is 2.34. The van der Waals surface area contributed by atoms with Crippen LogP contribution in [-0.2, 0) is 4.74 Å². The molecule has 1 aromatic carbocycles. The molecule has 2 saturated heterocycles. The number of amides is 1. The number of ether oxygens (including phenoxy) is 1. The summed E-state index contributed by atoms with van der Waals surface area (Å²) in [5.74, 6) is 1.42. The van der Waals surface area contributed by atoms with Gasteiger partial charge in [-0.15, -0.1) is 11.3 Å². The van der Waals surface area contributed by atoms with Crippen LogP contribution < -0.4 is 0 Å². The molecule has 1 aromatic heterocycles. The van der Waals surface area contributed by atoms with Crippen molar-refractivity contribution < 1.29 is 9.53 Å². The molecule has 2 aromatic rings. The summed E-state index contributed by atoms with van der Waals surface area (Å²) in [7, 11) is 0. The second-order valence-electron chi connectivity index (χ2n) is 6.65. The number of nitrogens with zero attached hydrogens (tertiary/aromatic N) is 2. The minimum absolute atomic E-state index is 0.0877. The molecule has 5 heteroatoms. The van der Waals surface area contributed by atoms with Gasteiger partial charge in [-0.25, -0.2) is 4.98 Å². The van der Waals surface area contributed by atoms with Crippen molar-refractivity contribution in [3.8, 4) is 10.4 Å². The standard InChI is InChI=1S/C19H22N2O2S/c22-19(17-18(24-13-20-17)15-4-2-1-3-5-15)21-9-6-16(12-21)14-7-10-23-11-8-14/h1-5,13-14,16H,6-12H2. The van der Waals surface area contributed by atoms with Gasteiger partial charge in [-0.3, -0.25) is 4.79 Å².